The van der Waals surface area contributed by atoms with Crippen LogP contribution in [0.25, 0.3) is 0 Å². The van der Waals surface area contributed by atoms with Gasteiger partial charge in [0.05, 0.1) is 126 Å². The van der Waals surface area contributed by atoms with Gasteiger partial charge in [0.2, 0.25) is 0 Å². The first-order chi connectivity index (χ1) is 20.1. The van der Waals surface area contributed by atoms with Crippen LogP contribution in [-0.2, 0) is 52.2 Å². The Labute approximate surface area is 255 Å². The number of Topliss-reactive ketones (excluding diaryl/α,β-unsaturated/α-hetero) is 1. The molecule has 0 amide bonds. The fourth-order valence-electron chi connectivity index (χ4n) is 3.00. The first-order valence-electron chi connectivity index (χ1n) is 15.4. The van der Waals surface area contributed by atoms with Crippen LogP contribution in [0.4, 0.5) is 0 Å². The second-order valence-electron chi connectivity index (χ2n) is 11.9. The Morgan fingerprint density at radius 1 is 0.357 bits per heavy atom. The summed E-state index contributed by atoms with van der Waals surface area (Å²) in [5.41, 5.74) is -0.00578. The van der Waals surface area contributed by atoms with Crippen molar-refractivity contribution in [3.05, 3.63) is 0 Å². The molecule has 0 N–H and O–H groups in total. The normalized spacial score (nSPS) is 12.3. The van der Waals surface area contributed by atoms with E-state index in [-0.39, 0.29) is 11.2 Å². The van der Waals surface area contributed by atoms with E-state index in [2.05, 4.69) is 20.8 Å². The van der Waals surface area contributed by atoms with E-state index in [9.17, 15) is 4.79 Å². The third-order valence-electron chi connectivity index (χ3n) is 5.65. The van der Waals surface area contributed by atoms with Crippen molar-refractivity contribution >= 4 is 5.78 Å². The predicted octanol–water partition coefficient (Wildman–Crippen LogP) is 3.59. The molecule has 0 heterocycles. The standard InChI is InChI=1S/C31H62O11/c1-30(2,3)8-10-34-12-14-36-16-18-38-20-22-40-24-26-42-28-27-41-25-23-39-21-19-37-17-15-35-13-11-33-9-7-29(32)31(4,5)6/h7-28H2,1-6H3. The lowest BCUT2D eigenvalue weighted by atomic mass is 9.89. The molecule has 0 radical (unpaired) electrons. The molecule has 0 aliphatic heterocycles. The summed E-state index contributed by atoms with van der Waals surface area (Å²) in [6, 6.07) is 0. The molecule has 0 aliphatic rings. The van der Waals surface area contributed by atoms with Gasteiger partial charge < -0.3 is 47.4 Å². The molecular weight excluding hydrogens is 548 g/mol. The van der Waals surface area contributed by atoms with Gasteiger partial charge in [-0.05, 0) is 11.8 Å². The van der Waals surface area contributed by atoms with Gasteiger partial charge in [0, 0.05) is 18.4 Å². The van der Waals surface area contributed by atoms with Crippen LogP contribution in [0.5, 0.6) is 0 Å². The molecule has 0 aromatic rings. The van der Waals surface area contributed by atoms with Gasteiger partial charge in [-0.3, -0.25) is 4.79 Å². The highest BCUT2D eigenvalue weighted by atomic mass is 16.6. The molecule has 0 saturated heterocycles. The van der Waals surface area contributed by atoms with Crippen molar-refractivity contribution in [3.63, 3.8) is 0 Å². The molecule has 0 unspecified atom stereocenters. The molecule has 11 heteroatoms. The van der Waals surface area contributed by atoms with Crippen LogP contribution in [0.2, 0.25) is 0 Å². The number of hydrogen-bond donors (Lipinski definition) is 0. The topological polar surface area (TPSA) is 109 Å². The van der Waals surface area contributed by atoms with Crippen LogP contribution in [-0.4, -0.2) is 138 Å². The van der Waals surface area contributed by atoms with Crippen molar-refractivity contribution in [2.75, 3.05) is 132 Å². The van der Waals surface area contributed by atoms with E-state index in [4.69, 9.17) is 47.4 Å². The highest BCUT2D eigenvalue weighted by molar-refractivity contribution is 5.83. The van der Waals surface area contributed by atoms with Crippen LogP contribution in [0.15, 0.2) is 0 Å². The van der Waals surface area contributed by atoms with E-state index < -0.39 is 0 Å². The largest absolute Gasteiger partial charge is 0.379 e. The molecular formula is C31H62O11. The maximum atomic E-state index is 11.8. The van der Waals surface area contributed by atoms with Gasteiger partial charge in [-0.2, -0.15) is 0 Å². The van der Waals surface area contributed by atoms with Gasteiger partial charge in [0.1, 0.15) is 5.78 Å². The first kappa shape index (κ1) is 41.3. The number of ether oxygens (including phenoxy) is 10. The van der Waals surface area contributed by atoms with Crippen molar-refractivity contribution < 1.29 is 52.2 Å². The Balaban J connectivity index is 3.11. The number of rotatable bonds is 32. The average Bonchev–Trinajstić information content (AvgIpc) is 2.92. The quantitative estimate of drug-likeness (QED) is 0.104. The third-order valence-corrected chi connectivity index (χ3v) is 5.65. The zero-order chi connectivity index (χ0) is 31.2. The molecule has 0 fully saturated rings. The summed E-state index contributed by atoms with van der Waals surface area (Å²) in [5.74, 6) is 0.205. The van der Waals surface area contributed by atoms with Crippen molar-refractivity contribution in [1.29, 1.82) is 0 Å². The zero-order valence-electron chi connectivity index (χ0n) is 27.5. The Morgan fingerprint density at radius 3 is 0.786 bits per heavy atom. The Bertz CT molecular complexity index is 576. The summed E-state index contributed by atoms with van der Waals surface area (Å²) in [6.45, 7) is 23.0. The fourth-order valence-corrected chi connectivity index (χ4v) is 3.00. The van der Waals surface area contributed by atoms with E-state index >= 15 is 0 Å². The van der Waals surface area contributed by atoms with E-state index in [1.54, 1.807) is 0 Å². The van der Waals surface area contributed by atoms with Crippen LogP contribution in [0.3, 0.4) is 0 Å². The predicted molar refractivity (Wildman–Crippen MR) is 161 cm³/mol. The second kappa shape index (κ2) is 29.0. The molecule has 11 nitrogen and oxygen atoms in total. The summed E-state index contributed by atoms with van der Waals surface area (Å²) in [5, 5.41) is 0. The molecule has 0 aromatic heterocycles. The van der Waals surface area contributed by atoms with Crippen molar-refractivity contribution in [2.24, 2.45) is 10.8 Å². The zero-order valence-corrected chi connectivity index (χ0v) is 27.5. The second-order valence-corrected chi connectivity index (χ2v) is 11.9. The lowest BCUT2D eigenvalue weighted by molar-refractivity contribution is -0.127. The summed E-state index contributed by atoms with van der Waals surface area (Å²) in [7, 11) is 0. The first-order valence-corrected chi connectivity index (χ1v) is 15.4. The Kier molecular flexibility index (Phi) is 28.5. The Hall–Kier alpha value is -0.730. The van der Waals surface area contributed by atoms with Crippen LogP contribution < -0.4 is 0 Å². The molecule has 0 aromatic carbocycles. The highest BCUT2D eigenvalue weighted by Gasteiger charge is 2.20. The van der Waals surface area contributed by atoms with E-state index in [0.717, 1.165) is 13.0 Å². The number of hydrogen-bond acceptors (Lipinski definition) is 11. The molecule has 252 valence electrons. The minimum Gasteiger partial charge on any atom is -0.379 e. The van der Waals surface area contributed by atoms with E-state index in [1.165, 1.54) is 0 Å². The lowest BCUT2D eigenvalue weighted by Crippen LogP contribution is -2.22. The molecule has 0 atom stereocenters. The number of ketones is 1. The lowest BCUT2D eigenvalue weighted by Gasteiger charge is -2.17. The van der Waals surface area contributed by atoms with Crippen LogP contribution in [0.1, 0.15) is 54.4 Å². The number of carbonyl (C=O) groups excluding carboxylic acids is 1. The van der Waals surface area contributed by atoms with E-state index in [1.807, 2.05) is 20.8 Å². The van der Waals surface area contributed by atoms with Crippen molar-refractivity contribution in [2.45, 2.75) is 54.4 Å². The molecule has 0 bridgehead atoms. The van der Waals surface area contributed by atoms with Crippen LogP contribution in [0, 0.1) is 10.8 Å². The fraction of sp³-hybridized carbons (Fsp3) is 0.968. The van der Waals surface area contributed by atoms with Gasteiger partial charge in [0.25, 0.3) is 0 Å². The maximum absolute atomic E-state index is 11.8. The SMILES string of the molecule is CC(C)(C)CCOCCOCCOCCOCCOCCOCCOCCOCCOCCOCCC(=O)C(C)(C)C. The number of carbonyl (C=O) groups is 1. The van der Waals surface area contributed by atoms with Crippen molar-refractivity contribution in [3.8, 4) is 0 Å². The minimum atomic E-state index is -0.310. The summed E-state index contributed by atoms with van der Waals surface area (Å²) < 4.78 is 54.7. The van der Waals surface area contributed by atoms with Gasteiger partial charge in [-0.15, -0.1) is 0 Å². The highest BCUT2D eigenvalue weighted by Crippen LogP contribution is 2.18. The van der Waals surface area contributed by atoms with Crippen LogP contribution >= 0.6 is 0 Å². The smallest absolute Gasteiger partial charge is 0.140 e. The average molecular weight is 611 g/mol. The van der Waals surface area contributed by atoms with E-state index in [0.29, 0.717) is 137 Å². The summed E-state index contributed by atoms with van der Waals surface area (Å²) in [4.78, 5) is 11.8. The van der Waals surface area contributed by atoms with Crippen molar-refractivity contribution in [1.82, 2.24) is 0 Å². The van der Waals surface area contributed by atoms with Gasteiger partial charge in [-0.25, -0.2) is 0 Å². The Morgan fingerprint density at radius 2 is 0.571 bits per heavy atom. The van der Waals surface area contributed by atoms with Gasteiger partial charge in [-0.1, -0.05) is 41.5 Å². The minimum absolute atomic E-state index is 0.205. The molecule has 0 saturated carbocycles. The maximum Gasteiger partial charge on any atom is 0.140 e. The monoisotopic (exact) mass is 610 g/mol. The molecule has 0 aliphatic carbocycles. The molecule has 42 heavy (non-hydrogen) atoms. The van der Waals surface area contributed by atoms with Gasteiger partial charge in [0.15, 0.2) is 0 Å². The molecule has 0 spiro atoms. The summed E-state index contributed by atoms with van der Waals surface area (Å²) in [6.07, 6.45) is 1.48. The molecule has 0 rings (SSSR count). The van der Waals surface area contributed by atoms with Gasteiger partial charge >= 0.3 is 0 Å². The summed E-state index contributed by atoms with van der Waals surface area (Å²) >= 11 is 0. The third kappa shape index (κ3) is 33.8.